The van der Waals surface area contributed by atoms with E-state index in [-0.39, 0.29) is 5.54 Å². The molecule has 0 spiro atoms. The van der Waals surface area contributed by atoms with Gasteiger partial charge in [-0.25, -0.2) is 0 Å². The van der Waals surface area contributed by atoms with Crippen LogP contribution in [0.25, 0.3) is 0 Å². The first-order valence-corrected chi connectivity index (χ1v) is 6.51. The summed E-state index contributed by atoms with van der Waals surface area (Å²) < 4.78 is 5.15. The maximum atomic E-state index is 5.15. The summed E-state index contributed by atoms with van der Waals surface area (Å²) in [5, 5.41) is 3.53. The van der Waals surface area contributed by atoms with Gasteiger partial charge in [0.05, 0.1) is 6.61 Å². The topological polar surface area (TPSA) is 24.5 Å². The molecule has 0 heterocycles. The summed E-state index contributed by atoms with van der Waals surface area (Å²) in [5.41, 5.74) is 0.247. The van der Waals surface area contributed by atoms with Crippen LogP contribution in [-0.2, 0) is 4.74 Å². The van der Waals surface area contributed by atoms with Crippen molar-refractivity contribution in [3.63, 3.8) is 0 Å². The van der Waals surface area contributed by atoms with Crippen LogP contribution in [0.15, 0.2) is 0 Å². The van der Waals surface area contributed by atoms with Gasteiger partial charge in [-0.15, -0.1) is 0 Å². The summed E-state index contributed by atoms with van der Waals surface area (Å²) in [6.45, 7) is 10.9. The second-order valence-corrected chi connectivity index (χ2v) is 5.79. The zero-order valence-electron chi connectivity index (χ0n) is 11.4. The Hall–Kier alpha value is -0.120. The Morgan fingerprint density at radius 1 is 1.25 bits per heavy atom. The van der Waals surface area contributed by atoms with Gasteiger partial charge in [-0.05, 0) is 53.1 Å². The van der Waals surface area contributed by atoms with Crippen LogP contribution < -0.4 is 5.32 Å². The monoisotopic (exact) mass is 228 g/mol. The molecular weight excluding hydrogens is 200 g/mol. The Morgan fingerprint density at radius 3 is 2.44 bits per heavy atom. The molecule has 1 aliphatic carbocycles. The maximum absolute atomic E-state index is 5.15. The average molecular weight is 228 g/mol. The molecule has 0 aromatic heterocycles. The predicted octanol–water partition coefficient (Wildman–Crippen LogP) is 1.88. The average Bonchev–Trinajstić information content (AvgIpc) is 2.98. The summed E-state index contributed by atoms with van der Waals surface area (Å²) in [4.78, 5) is 2.58. The van der Waals surface area contributed by atoms with E-state index < -0.39 is 0 Å². The molecule has 1 saturated carbocycles. The van der Waals surface area contributed by atoms with Gasteiger partial charge in [-0.1, -0.05) is 0 Å². The van der Waals surface area contributed by atoms with Crippen molar-refractivity contribution in [1.82, 2.24) is 10.2 Å². The van der Waals surface area contributed by atoms with E-state index in [2.05, 4.69) is 31.0 Å². The number of ether oxygens (including phenoxy) is 1. The van der Waals surface area contributed by atoms with E-state index in [1.807, 2.05) is 0 Å². The normalized spacial score (nSPS) is 17.1. The van der Waals surface area contributed by atoms with Crippen molar-refractivity contribution in [2.45, 2.75) is 51.6 Å². The van der Waals surface area contributed by atoms with Crippen LogP contribution in [0.3, 0.4) is 0 Å². The van der Waals surface area contributed by atoms with Crippen molar-refractivity contribution in [2.75, 3.05) is 33.4 Å². The third-order valence-electron chi connectivity index (χ3n) is 2.92. The molecule has 0 aromatic rings. The number of nitrogens with one attached hydrogen (secondary N) is 1. The van der Waals surface area contributed by atoms with E-state index in [9.17, 15) is 0 Å². The molecule has 1 N–H and O–H groups in total. The van der Waals surface area contributed by atoms with Gasteiger partial charge in [-0.2, -0.15) is 0 Å². The highest BCUT2D eigenvalue weighted by Crippen LogP contribution is 2.26. The minimum atomic E-state index is 0.247. The zero-order valence-corrected chi connectivity index (χ0v) is 11.4. The molecule has 3 heteroatoms. The van der Waals surface area contributed by atoms with E-state index in [4.69, 9.17) is 4.74 Å². The second-order valence-electron chi connectivity index (χ2n) is 5.79. The second kappa shape index (κ2) is 6.58. The molecule has 0 aromatic carbocycles. The van der Waals surface area contributed by atoms with Crippen molar-refractivity contribution < 1.29 is 4.74 Å². The molecule has 0 atom stereocenters. The lowest BCUT2D eigenvalue weighted by molar-refractivity contribution is 0.142. The molecule has 0 unspecified atom stereocenters. The third kappa shape index (κ3) is 6.46. The molecule has 0 amide bonds. The van der Waals surface area contributed by atoms with Crippen molar-refractivity contribution in [1.29, 1.82) is 0 Å². The molecule has 1 aliphatic rings. The third-order valence-corrected chi connectivity index (χ3v) is 2.92. The molecule has 0 bridgehead atoms. The van der Waals surface area contributed by atoms with Crippen LogP contribution in [0, 0.1) is 0 Å². The fourth-order valence-corrected chi connectivity index (χ4v) is 1.87. The Morgan fingerprint density at radius 2 is 1.94 bits per heavy atom. The van der Waals surface area contributed by atoms with Crippen LogP contribution in [0.1, 0.15) is 40.0 Å². The van der Waals surface area contributed by atoms with Crippen molar-refractivity contribution in [3.05, 3.63) is 0 Å². The maximum Gasteiger partial charge on any atom is 0.0589 e. The Kier molecular flexibility index (Phi) is 5.73. The first kappa shape index (κ1) is 13.9. The highest BCUT2D eigenvalue weighted by Gasteiger charge is 2.27. The summed E-state index contributed by atoms with van der Waals surface area (Å²) in [6, 6.07) is 0.852. The Bertz CT molecular complexity index is 185. The first-order chi connectivity index (χ1) is 7.53. The van der Waals surface area contributed by atoms with Gasteiger partial charge >= 0.3 is 0 Å². The number of rotatable bonds is 8. The van der Waals surface area contributed by atoms with Crippen LogP contribution in [-0.4, -0.2) is 49.8 Å². The zero-order chi connectivity index (χ0) is 12.0. The molecule has 0 aliphatic heterocycles. The standard InChI is InChI=1S/C13H28N2O/c1-13(2,3)14-8-5-9-15(10-11-16-4)12-6-7-12/h12,14H,5-11H2,1-4H3. The van der Waals surface area contributed by atoms with Crippen LogP contribution in [0.2, 0.25) is 0 Å². The molecule has 1 rings (SSSR count). The minimum Gasteiger partial charge on any atom is -0.383 e. The summed E-state index contributed by atoms with van der Waals surface area (Å²) >= 11 is 0. The number of hydrogen-bond donors (Lipinski definition) is 1. The van der Waals surface area contributed by atoms with Gasteiger partial charge in [0.1, 0.15) is 0 Å². The molecule has 16 heavy (non-hydrogen) atoms. The minimum absolute atomic E-state index is 0.247. The van der Waals surface area contributed by atoms with Crippen LogP contribution >= 0.6 is 0 Å². The summed E-state index contributed by atoms with van der Waals surface area (Å²) in [7, 11) is 1.78. The van der Waals surface area contributed by atoms with Gasteiger partial charge in [0.15, 0.2) is 0 Å². The van der Waals surface area contributed by atoms with Crippen LogP contribution in [0.5, 0.6) is 0 Å². The molecular formula is C13H28N2O. The van der Waals surface area contributed by atoms with Crippen molar-refractivity contribution in [3.8, 4) is 0 Å². The molecule has 3 nitrogen and oxygen atoms in total. The predicted molar refractivity (Wildman–Crippen MR) is 68.8 cm³/mol. The van der Waals surface area contributed by atoms with Crippen molar-refractivity contribution >= 4 is 0 Å². The van der Waals surface area contributed by atoms with E-state index >= 15 is 0 Å². The highest BCUT2D eigenvalue weighted by molar-refractivity contribution is 4.84. The van der Waals surface area contributed by atoms with Crippen LogP contribution in [0.4, 0.5) is 0 Å². The molecule has 0 radical (unpaired) electrons. The molecule has 1 fully saturated rings. The van der Waals surface area contributed by atoms with Gasteiger partial charge in [-0.3, -0.25) is 4.90 Å². The van der Waals surface area contributed by atoms with Crippen molar-refractivity contribution in [2.24, 2.45) is 0 Å². The SMILES string of the molecule is COCCN(CCCNC(C)(C)C)C1CC1. The van der Waals surface area contributed by atoms with E-state index in [1.165, 1.54) is 25.8 Å². The lowest BCUT2D eigenvalue weighted by Crippen LogP contribution is -2.38. The Labute approximate surface area is 101 Å². The fraction of sp³-hybridized carbons (Fsp3) is 1.00. The van der Waals surface area contributed by atoms with Gasteiger partial charge in [0, 0.05) is 25.2 Å². The number of hydrogen-bond acceptors (Lipinski definition) is 3. The van der Waals surface area contributed by atoms with E-state index in [0.717, 1.165) is 25.7 Å². The van der Waals surface area contributed by atoms with Gasteiger partial charge < -0.3 is 10.1 Å². The highest BCUT2D eigenvalue weighted by atomic mass is 16.5. The number of nitrogens with zero attached hydrogens (tertiary/aromatic N) is 1. The summed E-state index contributed by atoms with van der Waals surface area (Å²) in [6.07, 6.45) is 4.00. The van der Waals surface area contributed by atoms with E-state index in [1.54, 1.807) is 7.11 Å². The van der Waals surface area contributed by atoms with Gasteiger partial charge in [0.2, 0.25) is 0 Å². The summed E-state index contributed by atoms with van der Waals surface area (Å²) in [5.74, 6) is 0. The van der Waals surface area contributed by atoms with E-state index in [0.29, 0.717) is 0 Å². The fourth-order valence-electron chi connectivity index (χ4n) is 1.87. The van der Waals surface area contributed by atoms with Gasteiger partial charge in [0.25, 0.3) is 0 Å². The largest absolute Gasteiger partial charge is 0.383 e. The lowest BCUT2D eigenvalue weighted by Gasteiger charge is -2.24. The smallest absolute Gasteiger partial charge is 0.0589 e. The number of methoxy groups -OCH3 is 1. The molecule has 96 valence electrons. The quantitative estimate of drug-likeness (QED) is 0.642. The lowest BCUT2D eigenvalue weighted by atomic mass is 10.1. The first-order valence-electron chi connectivity index (χ1n) is 6.51. The molecule has 0 saturated heterocycles. The Balaban J connectivity index is 2.08.